The van der Waals surface area contributed by atoms with Crippen LogP contribution in [0.15, 0.2) is 48.5 Å². The molecule has 0 saturated carbocycles. The number of carbonyl (C=O) groups is 1. The average Bonchev–Trinajstić information content (AvgIpc) is 2.54. The summed E-state index contributed by atoms with van der Waals surface area (Å²) in [7, 11) is 0. The molecule has 0 radical (unpaired) electrons. The molecule has 2 heterocycles. The molecular formula is C19H20N2O2. The topological polar surface area (TPSA) is 41.6 Å². The van der Waals surface area contributed by atoms with Crippen molar-refractivity contribution in [3.8, 4) is 5.75 Å². The lowest BCUT2D eigenvalue weighted by molar-refractivity contribution is 0.0379. The number of ether oxygens (including phenoxy) is 1. The third-order valence-corrected chi connectivity index (χ3v) is 4.76. The van der Waals surface area contributed by atoms with Crippen LogP contribution in [-0.2, 0) is 6.42 Å². The summed E-state index contributed by atoms with van der Waals surface area (Å²) in [5.74, 6) is 0.850. The first-order valence-electron chi connectivity index (χ1n) is 8.08. The Morgan fingerprint density at radius 3 is 2.91 bits per heavy atom. The summed E-state index contributed by atoms with van der Waals surface area (Å²) in [5.41, 5.74) is 2.47. The van der Waals surface area contributed by atoms with Gasteiger partial charge in [0.05, 0.1) is 6.04 Å². The number of para-hydroxylation sites is 1. The predicted molar refractivity (Wildman–Crippen MR) is 89.7 cm³/mol. The highest BCUT2D eigenvalue weighted by Crippen LogP contribution is 2.45. The average molecular weight is 308 g/mol. The molecule has 4 nitrogen and oxygen atoms in total. The summed E-state index contributed by atoms with van der Waals surface area (Å²) >= 11 is 0. The van der Waals surface area contributed by atoms with Gasteiger partial charge in [-0.1, -0.05) is 37.3 Å². The Hall–Kier alpha value is -2.49. The number of benzene rings is 2. The van der Waals surface area contributed by atoms with E-state index < -0.39 is 5.72 Å². The van der Waals surface area contributed by atoms with Gasteiger partial charge in [0.15, 0.2) is 5.72 Å². The zero-order chi connectivity index (χ0) is 16.0. The minimum absolute atomic E-state index is 0.00283. The standard InChI is InChI=1S/C19H20N2O2/c1-3-13-7-6-8-14(11-13)21-18(22)20-16-12-19(21,2)23-17-10-5-4-9-15(16)17/h4-11,16H,3,12H2,1-2H3,(H,20,22)/t16-,19+/m0/s1. The van der Waals surface area contributed by atoms with Gasteiger partial charge in [-0.15, -0.1) is 0 Å². The first kappa shape index (κ1) is 14.1. The van der Waals surface area contributed by atoms with Gasteiger partial charge in [-0.2, -0.15) is 0 Å². The molecule has 0 unspecified atom stereocenters. The van der Waals surface area contributed by atoms with Crippen molar-refractivity contribution in [2.45, 2.75) is 38.5 Å². The zero-order valence-electron chi connectivity index (χ0n) is 13.4. The number of nitrogens with one attached hydrogen (secondary N) is 1. The first-order valence-corrected chi connectivity index (χ1v) is 8.08. The molecule has 0 aliphatic carbocycles. The second-order valence-electron chi connectivity index (χ2n) is 6.38. The fourth-order valence-electron chi connectivity index (χ4n) is 3.63. The Morgan fingerprint density at radius 1 is 1.26 bits per heavy atom. The van der Waals surface area contributed by atoms with Gasteiger partial charge >= 0.3 is 6.03 Å². The maximum absolute atomic E-state index is 12.8. The monoisotopic (exact) mass is 308 g/mol. The van der Waals surface area contributed by atoms with Crippen molar-refractivity contribution >= 4 is 11.7 Å². The van der Waals surface area contributed by atoms with Crippen molar-refractivity contribution in [1.82, 2.24) is 5.32 Å². The van der Waals surface area contributed by atoms with Crippen LogP contribution >= 0.6 is 0 Å². The lowest BCUT2D eigenvalue weighted by atomic mass is 9.90. The Labute approximate surface area is 136 Å². The summed E-state index contributed by atoms with van der Waals surface area (Å²) < 4.78 is 6.27. The Morgan fingerprint density at radius 2 is 2.09 bits per heavy atom. The van der Waals surface area contributed by atoms with Crippen LogP contribution in [0.1, 0.15) is 37.4 Å². The van der Waals surface area contributed by atoms with Gasteiger partial charge in [-0.25, -0.2) is 4.79 Å². The van der Waals surface area contributed by atoms with Crippen LogP contribution in [0.4, 0.5) is 10.5 Å². The number of urea groups is 1. The van der Waals surface area contributed by atoms with Gasteiger partial charge in [0.25, 0.3) is 0 Å². The molecule has 1 saturated heterocycles. The molecule has 0 aromatic heterocycles. The molecule has 4 rings (SSSR count). The van der Waals surface area contributed by atoms with Crippen molar-refractivity contribution < 1.29 is 9.53 Å². The van der Waals surface area contributed by atoms with E-state index in [0.29, 0.717) is 0 Å². The molecule has 1 N–H and O–H groups in total. The van der Waals surface area contributed by atoms with Crippen molar-refractivity contribution in [3.05, 3.63) is 59.7 Å². The minimum atomic E-state index is -0.673. The number of aryl methyl sites for hydroxylation is 1. The molecule has 2 aliphatic heterocycles. The molecular weight excluding hydrogens is 288 g/mol. The van der Waals surface area contributed by atoms with Crippen LogP contribution in [0.3, 0.4) is 0 Å². The minimum Gasteiger partial charge on any atom is -0.467 e. The van der Waals surface area contributed by atoms with E-state index >= 15 is 0 Å². The van der Waals surface area contributed by atoms with Crippen molar-refractivity contribution in [1.29, 1.82) is 0 Å². The third kappa shape index (κ3) is 2.17. The number of anilines is 1. The fraction of sp³-hybridized carbons (Fsp3) is 0.316. The number of fused-ring (bicyclic) bond motifs is 4. The van der Waals surface area contributed by atoms with Gasteiger partial charge in [-0.05, 0) is 37.1 Å². The molecule has 118 valence electrons. The van der Waals surface area contributed by atoms with Crippen LogP contribution in [0, 0.1) is 0 Å². The van der Waals surface area contributed by atoms with E-state index in [1.165, 1.54) is 5.56 Å². The fourth-order valence-corrected chi connectivity index (χ4v) is 3.63. The van der Waals surface area contributed by atoms with E-state index in [1.54, 1.807) is 4.90 Å². The molecule has 2 aliphatic rings. The van der Waals surface area contributed by atoms with Crippen LogP contribution in [0.5, 0.6) is 5.75 Å². The second kappa shape index (κ2) is 5.01. The Balaban J connectivity index is 1.79. The second-order valence-corrected chi connectivity index (χ2v) is 6.38. The summed E-state index contributed by atoms with van der Waals surface area (Å²) in [4.78, 5) is 14.5. The van der Waals surface area contributed by atoms with E-state index in [2.05, 4.69) is 24.4 Å². The molecule has 4 heteroatoms. The molecule has 1 fully saturated rings. The predicted octanol–water partition coefficient (Wildman–Crippen LogP) is 4.02. The summed E-state index contributed by atoms with van der Waals surface area (Å²) in [6, 6.07) is 15.9. The summed E-state index contributed by atoms with van der Waals surface area (Å²) in [6.45, 7) is 4.10. The molecule has 2 atom stereocenters. The van der Waals surface area contributed by atoms with Crippen LogP contribution in [0.25, 0.3) is 0 Å². The van der Waals surface area contributed by atoms with E-state index in [-0.39, 0.29) is 12.1 Å². The largest absolute Gasteiger partial charge is 0.467 e. The SMILES string of the molecule is CCc1cccc(N2C(=O)N[C@H]3C[C@@]2(C)Oc2ccccc23)c1. The maximum Gasteiger partial charge on any atom is 0.325 e. The van der Waals surface area contributed by atoms with E-state index in [0.717, 1.165) is 29.8 Å². The lowest BCUT2D eigenvalue weighted by Crippen LogP contribution is -2.65. The smallest absolute Gasteiger partial charge is 0.325 e. The Kier molecular flexibility index (Phi) is 3.08. The highest BCUT2D eigenvalue weighted by molar-refractivity contribution is 5.95. The van der Waals surface area contributed by atoms with Crippen molar-refractivity contribution in [2.75, 3.05) is 4.90 Å². The first-order chi connectivity index (χ1) is 11.1. The molecule has 2 bridgehead atoms. The number of amides is 2. The van der Waals surface area contributed by atoms with Crippen molar-refractivity contribution in [2.24, 2.45) is 0 Å². The van der Waals surface area contributed by atoms with Gasteiger partial charge in [0.2, 0.25) is 0 Å². The van der Waals surface area contributed by atoms with Crippen LogP contribution in [0.2, 0.25) is 0 Å². The van der Waals surface area contributed by atoms with Crippen LogP contribution < -0.4 is 15.0 Å². The summed E-state index contributed by atoms with van der Waals surface area (Å²) in [5, 5.41) is 3.12. The number of hydrogen-bond acceptors (Lipinski definition) is 2. The van der Waals surface area contributed by atoms with Gasteiger partial charge in [0.1, 0.15) is 5.75 Å². The highest BCUT2D eigenvalue weighted by atomic mass is 16.5. The van der Waals surface area contributed by atoms with E-state index in [9.17, 15) is 4.79 Å². The van der Waals surface area contributed by atoms with Gasteiger partial charge in [-0.3, -0.25) is 4.90 Å². The quantitative estimate of drug-likeness (QED) is 0.910. The van der Waals surface area contributed by atoms with E-state index in [1.807, 2.05) is 43.3 Å². The number of rotatable bonds is 2. The van der Waals surface area contributed by atoms with Gasteiger partial charge in [0, 0.05) is 17.7 Å². The lowest BCUT2D eigenvalue weighted by Gasteiger charge is -2.50. The Bertz CT molecular complexity index is 773. The molecule has 23 heavy (non-hydrogen) atoms. The number of hydrogen-bond donors (Lipinski definition) is 1. The van der Waals surface area contributed by atoms with Crippen molar-refractivity contribution in [3.63, 3.8) is 0 Å². The van der Waals surface area contributed by atoms with E-state index in [4.69, 9.17) is 4.74 Å². The van der Waals surface area contributed by atoms with Crippen LogP contribution in [-0.4, -0.2) is 11.8 Å². The van der Waals surface area contributed by atoms with Gasteiger partial charge < -0.3 is 10.1 Å². The molecule has 2 aromatic rings. The number of carbonyl (C=O) groups excluding carboxylic acids is 1. The third-order valence-electron chi connectivity index (χ3n) is 4.76. The maximum atomic E-state index is 12.8. The molecule has 2 aromatic carbocycles. The molecule has 2 amide bonds. The normalized spacial score (nSPS) is 25.4. The zero-order valence-corrected chi connectivity index (χ0v) is 13.4. The summed E-state index contributed by atoms with van der Waals surface area (Å²) in [6.07, 6.45) is 1.67. The number of nitrogens with zero attached hydrogens (tertiary/aromatic N) is 1. The highest BCUT2D eigenvalue weighted by Gasteiger charge is 2.49. The molecule has 0 spiro atoms.